The van der Waals surface area contributed by atoms with Gasteiger partial charge in [0.15, 0.2) is 0 Å². The monoisotopic (exact) mass is 298 g/mol. The molecule has 0 unspecified atom stereocenters. The van der Waals surface area contributed by atoms with E-state index < -0.39 is 23.5 Å². The number of hydrogen-bond donors (Lipinski definition) is 2. The zero-order valence-electron chi connectivity index (χ0n) is 10.5. The molecule has 0 aromatic heterocycles. The smallest absolute Gasteiger partial charge is 0.398 e. The third-order valence-electron chi connectivity index (χ3n) is 2.73. The standard InChI is InChI=1S/C14H10F4N2O/c15-9-3-6-11(12(19)7-9)13(21)20-10-4-1-8(2-5-10)14(16,17)18/h1-7H,19H2,(H,20,21). The van der Waals surface area contributed by atoms with E-state index in [9.17, 15) is 22.4 Å². The lowest BCUT2D eigenvalue weighted by molar-refractivity contribution is -0.137. The molecule has 0 atom stereocenters. The molecule has 2 aromatic carbocycles. The molecule has 2 aromatic rings. The molecule has 0 aliphatic rings. The summed E-state index contributed by atoms with van der Waals surface area (Å²) in [6.45, 7) is 0. The Hall–Kier alpha value is -2.57. The lowest BCUT2D eigenvalue weighted by Crippen LogP contribution is -2.14. The fourth-order valence-electron chi connectivity index (χ4n) is 1.68. The van der Waals surface area contributed by atoms with E-state index >= 15 is 0 Å². The van der Waals surface area contributed by atoms with Crippen LogP contribution in [0.2, 0.25) is 0 Å². The number of hydrogen-bond acceptors (Lipinski definition) is 2. The molecule has 110 valence electrons. The zero-order chi connectivity index (χ0) is 15.6. The number of nitrogen functional groups attached to an aromatic ring is 1. The van der Waals surface area contributed by atoms with Crippen molar-refractivity contribution in [1.82, 2.24) is 0 Å². The molecule has 7 heteroatoms. The Labute approximate surface area is 117 Å². The van der Waals surface area contributed by atoms with Crippen molar-refractivity contribution in [2.24, 2.45) is 0 Å². The first-order chi connectivity index (χ1) is 9.77. The van der Waals surface area contributed by atoms with Crippen LogP contribution in [0.3, 0.4) is 0 Å². The molecular weight excluding hydrogens is 288 g/mol. The van der Waals surface area contributed by atoms with E-state index in [-0.39, 0.29) is 16.9 Å². The van der Waals surface area contributed by atoms with E-state index in [1.54, 1.807) is 0 Å². The van der Waals surface area contributed by atoms with Crippen LogP contribution in [0.4, 0.5) is 28.9 Å². The Bertz CT molecular complexity index is 666. The number of anilines is 2. The number of nitrogens with two attached hydrogens (primary N) is 1. The van der Waals surface area contributed by atoms with Gasteiger partial charge in [-0.15, -0.1) is 0 Å². The summed E-state index contributed by atoms with van der Waals surface area (Å²) < 4.78 is 50.1. The maximum absolute atomic E-state index is 12.9. The molecule has 0 heterocycles. The van der Waals surface area contributed by atoms with Crippen molar-refractivity contribution in [2.75, 3.05) is 11.1 Å². The largest absolute Gasteiger partial charge is 0.416 e. The van der Waals surface area contributed by atoms with Gasteiger partial charge in [-0.05, 0) is 42.5 Å². The molecule has 3 nitrogen and oxygen atoms in total. The molecule has 1 amide bonds. The highest BCUT2D eigenvalue weighted by atomic mass is 19.4. The van der Waals surface area contributed by atoms with Crippen molar-refractivity contribution < 1.29 is 22.4 Å². The first kappa shape index (κ1) is 14.8. The Kier molecular flexibility index (Phi) is 3.84. The SMILES string of the molecule is Nc1cc(F)ccc1C(=O)Nc1ccc(C(F)(F)F)cc1. The Morgan fingerprint density at radius 2 is 1.67 bits per heavy atom. The van der Waals surface area contributed by atoms with Gasteiger partial charge in [0, 0.05) is 11.4 Å². The molecule has 0 saturated carbocycles. The molecule has 0 spiro atoms. The van der Waals surface area contributed by atoms with Crippen molar-refractivity contribution in [1.29, 1.82) is 0 Å². The summed E-state index contributed by atoms with van der Waals surface area (Å²) in [7, 11) is 0. The first-order valence-electron chi connectivity index (χ1n) is 5.81. The Morgan fingerprint density at radius 1 is 1.05 bits per heavy atom. The number of carbonyl (C=O) groups is 1. The highest BCUT2D eigenvalue weighted by molar-refractivity contribution is 6.07. The second-order valence-electron chi connectivity index (χ2n) is 4.26. The van der Waals surface area contributed by atoms with Crippen molar-refractivity contribution in [3.63, 3.8) is 0 Å². The number of rotatable bonds is 2. The van der Waals surface area contributed by atoms with Gasteiger partial charge in [-0.3, -0.25) is 4.79 Å². The fraction of sp³-hybridized carbons (Fsp3) is 0.0714. The molecule has 2 rings (SSSR count). The number of amides is 1. The van der Waals surface area contributed by atoms with Crippen LogP contribution < -0.4 is 11.1 Å². The second kappa shape index (κ2) is 5.43. The van der Waals surface area contributed by atoms with Crippen LogP contribution in [0.15, 0.2) is 42.5 Å². The molecule has 0 bridgehead atoms. The molecule has 0 fully saturated rings. The van der Waals surface area contributed by atoms with E-state index in [0.717, 1.165) is 36.4 Å². The second-order valence-corrected chi connectivity index (χ2v) is 4.26. The van der Waals surface area contributed by atoms with Crippen molar-refractivity contribution in [2.45, 2.75) is 6.18 Å². The Morgan fingerprint density at radius 3 is 2.19 bits per heavy atom. The normalized spacial score (nSPS) is 11.2. The van der Waals surface area contributed by atoms with Crippen LogP contribution in [0.5, 0.6) is 0 Å². The van der Waals surface area contributed by atoms with Crippen molar-refractivity contribution >= 4 is 17.3 Å². The van der Waals surface area contributed by atoms with Gasteiger partial charge in [-0.2, -0.15) is 13.2 Å². The van der Waals surface area contributed by atoms with Crippen LogP contribution in [-0.2, 0) is 6.18 Å². The molecular formula is C14H10F4N2O. The topological polar surface area (TPSA) is 55.1 Å². The van der Waals surface area contributed by atoms with Gasteiger partial charge in [0.25, 0.3) is 5.91 Å². The minimum Gasteiger partial charge on any atom is -0.398 e. The van der Waals surface area contributed by atoms with E-state index in [2.05, 4.69) is 5.32 Å². The zero-order valence-corrected chi connectivity index (χ0v) is 10.5. The van der Waals surface area contributed by atoms with E-state index in [0.29, 0.717) is 0 Å². The summed E-state index contributed by atoms with van der Waals surface area (Å²) in [5, 5.41) is 2.39. The molecule has 0 saturated heterocycles. The fourth-order valence-corrected chi connectivity index (χ4v) is 1.68. The lowest BCUT2D eigenvalue weighted by Gasteiger charge is -2.10. The van der Waals surface area contributed by atoms with Crippen LogP contribution >= 0.6 is 0 Å². The number of carbonyl (C=O) groups excluding carboxylic acids is 1. The summed E-state index contributed by atoms with van der Waals surface area (Å²) in [6.07, 6.45) is -4.44. The predicted molar refractivity (Wildman–Crippen MR) is 70.2 cm³/mol. The number of halogens is 4. The summed E-state index contributed by atoms with van der Waals surface area (Å²) in [4.78, 5) is 11.9. The highest BCUT2D eigenvalue weighted by Crippen LogP contribution is 2.30. The number of alkyl halides is 3. The summed E-state index contributed by atoms with van der Waals surface area (Å²) >= 11 is 0. The molecule has 0 aliphatic heterocycles. The molecule has 0 radical (unpaired) electrons. The van der Waals surface area contributed by atoms with Crippen molar-refractivity contribution in [3.8, 4) is 0 Å². The summed E-state index contributed by atoms with van der Waals surface area (Å²) in [5.74, 6) is -1.22. The van der Waals surface area contributed by atoms with Gasteiger partial charge < -0.3 is 11.1 Å². The lowest BCUT2D eigenvalue weighted by atomic mass is 10.1. The van der Waals surface area contributed by atoms with E-state index in [1.807, 2.05) is 0 Å². The summed E-state index contributed by atoms with van der Waals surface area (Å²) in [6, 6.07) is 7.21. The van der Waals surface area contributed by atoms with Gasteiger partial charge in [0.2, 0.25) is 0 Å². The van der Waals surface area contributed by atoms with Crippen LogP contribution in [-0.4, -0.2) is 5.91 Å². The van der Waals surface area contributed by atoms with Gasteiger partial charge >= 0.3 is 6.18 Å². The van der Waals surface area contributed by atoms with E-state index in [4.69, 9.17) is 5.73 Å². The molecule has 21 heavy (non-hydrogen) atoms. The van der Waals surface area contributed by atoms with Gasteiger partial charge in [-0.1, -0.05) is 0 Å². The highest BCUT2D eigenvalue weighted by Gasteiger charge is 2.30. The van der Waals surface area contributed by atoms with E-state index in [1.165, 1.54) is 6.07 Å². The Balaban J connectivity index is 2.16. The van der Waals surface area contributed by atoms with Crippen LogP contribution in [0.1, 0.15) is 15.9 Å². The van der Waals surface area contributed by atoms with Gasteiger partial charge in [0.1, 0.15) is 5.82 Å². The summed E-state index contributed by atoms with van der Waals surface area (Å²) in [5.41, 5.74) is 4.85. The minimum absolute atomic E-state index is 0.0382. The average Bonchev–Trinajstić information content (AvgIpc) is 2.38. The third-order valence-corrected chi connectivity index (χ3v) is 2.73. The maximum atomic E-state index is 12.9. The van der Waals surface area contributed by atoms with Gasteiger partial charge in [0.05, 0.1) is 11.1 Å². The average molecular weight is 298 g/mol. The van der Waals surface area contributed by atoms with Crippen LogP contribution in [0, 0.1) is 5.82 Å². The first-order valence-corrected chi connectivity index (χ1v) is 5.81. The van der Waals surface area contributed by atoms with Crippen molar-refractivity contribution in [3.05, 3.63) is 59.4 Å². The van der Waals surface area contributed by atoms with Crippen LogP contribution in [0.25, 0.3) is 0 Å². The molecule has 3 N–H and O–H groups in total. The third kappa shape index (κ3) is 3.50. The number of benzene rings is 2. The van der Waals surface area contributed by atoms with Gasteiger partial charge in [-0.25, -0.2) is 4.39 Å². The number of nitrogens with one attached hydrogen (secondary N) is 1. The quantitative estimate of drug-likeness (QED) is 0.656. The molecule has 0 aliphatic carbocycles. The predicted octanol–water partition coefficient (Wildman–Crippen LogP) is 3.68. The minimum atomic E-state index is -4.44. The maximum Gasteiger partial charge on any atom is 0.416 e.